The SMILES string of the molecule is CCn1cc(C(C)Nc2ccc(F)c(F)c2F)cn1. The van der Waals surface area contributed by atoms with Gasteiger partial charge < -0.3 is 5.32 Å². The number of hydrogen-bond donors (Lipinski definition) is 1. The molecule has 102 valence electrons. The van der Waals surface area contributed by atoms with Crippen LogP contribution >= 0.6 is 0 Å². The first-order valence-corrected chi connectivity index (χ1v) is 5.95. The summed E-state index contributed by atoms with van der Waals surface area (Å²) in [5.74, 6) is -3.88. The standard InChI is InChI=1S/C13H14F3N3/c1-3-19-7-9(6-17-19)8(2)18-11-5-4-10(14)12(15)13(11)16/h4-8,18H,3H2,1-2H3. The molecule has 6 heteroatoms. The van der Waals surface area contributed by atoms with Gasteiger partial charge >= 0.3 is 0 Å². The van der Waals surface area contributed by atoms with E-state index in [-0.39, 0.29) is 11.7 Å². The average molecular weight is 269 g/mol. The van der Waals surface area contributed by atoms with E-state index in [1.54, 1.807) is 17.8 Å². The monoisotopic (exact) mass is 269 g/mol. The molecule has 0 aliphatic carbocycles. The third-order valence-electron chi connectivity index (χ3n) is 2.88. The molecule has 0 spiro atoms. The summed E-state index contributed by atoms with van der Waals surface area (Å²) in [7, 11) is 0. The molecule has 2 aromatic rings. The van der Waals surface area contributed by atoms with Crippen molar-refractivity contribution in [2.24, 2.45) is 0 Å². The summed E-state index contributed by atoms with van der Waals surface area (Å²) < 4.78 is 41.2. The quantitative estimate of drug-likeness (QED) is 0.861. The van der Waals surface area contributed by atoms with Crippen LogP contribution in [0.5, 0.6) is 0 Å². The fourth-order valence-corrected chi connectivity index (χ4v) is 1.73. The van der Waals surface area contributed by atoms with Gasteiger partial charge in [0.2, 0.25) is 0 Å². The van der Waals surface area contributed by atoms with Crippen molar-refractivity contribution in [1.29, 1.82) is 0 Å². The zero-order valence-corrected chi connectivity index (χ0v) is 10.6. The molecule has 1 unspecified atom stereocenters. The van der Waals surface area contributed by atoms with Crippen LogP contribution < -0.4 is 5.32 Å². The molecular weight excluding hydrogens is 255 g/mol. The Morgan fingerprint density at radius 3 is 2.63 bits per heavy atom. The molecule has 0 amide bonds. The molecule has 1 N–H and O–H groups in total. The van der Waals surface area contributed by atoms with Gasteiger partial charge in [-0.15, -0.1) is 0 Å². The van der Waals surface area contributed by atoms with Crippen molar-refractivity contribution in [3.05, 3.63) is 47.5 Å². The van der Waals surface area contributed by atoms with E-state index in [9.17, 15) is 13.2 Å². The van der Waals surface area contributed by atoms with E-state index >= 15 is 0 Å². The van der Waals surface area contributed by atoms with E-state index < -0.39 is 17.5 Å². The zero-order valence-electron chi connectivity index (χ0n) is 10.6. The second-order valence-corrected chi connectivity index (χ2v) is 4.22. The van der Waals surface area contributed by atoms with Crippen LogP contribution in [-0.2, 0) is 6.54 Å². The first-order valence-electron chi connectivity index (χ1n) is 5.95. The van der Waals surface area contributed by atoms with Crippen molar-refractivity contribution in [2.45, 2.75) is 26.4 Å². The Bertz CT molecular complexity index is 581. The Hall–Kier alpha value is -1.98. The Balaban J connectivity index is 2.19. The van der Waals surface area contributed by atoms with Gasteiger partial charge in [-0.3, -0.25) is 4.68 Å². The molecule has 2 rings (SSSR count). The number of rotatable bonds is 4. The van der Waals surface area contributed by atoms with Crippen molar-refractivity contribution in [3.63, 3.8) is 0 Å². The Kier molecular flexibility index (Phi) is 3.78. The van der Waals surface area contributed by atoms with E-state index in [0.717, 1.165) is 18.2 Å². The highest BCUT2D eigenvalue weighted by atomic mass is 19.2. The summed E-state index contributed by atoms with van der Waals surface area (Å²) >= 11 is 0. The third-order valence-corrected chi connectivity index (χ3v) is 2.88. The summed E-state index contributed by atoms with van der Waals surface area (Å²) in [5.41, 5.74) is 0.765. The smallest absolute Gasteiger partial charge is 0.196 e. The Morgan fingerprint density at radius 1 is 1.26 bits per heavy atom. The summed E-state index contributed by atoms with van der Waals surface area (Å²) in [6.07, 6.45) is 3.47. The topological polar surface area (TPSA) is 29.9 Å². The van der Waals surface area contributed by atoms with Crippen LogP contribution in [0.4, 0.5) is 18.9 Å². The summed E-state index contributed by atoms with van der Waals surface area (Å²) in [6.45, 7) is 4.47. The summed E-state index contributed by atoms with van der Waals surface area (Å²) in [5, 5.41) is 6.90. The molecule has 0 saturated carbocycles. The molecule has 1 aromatic carbocycles. The number of nitrogens with zero attached hydrogens (tertiary/aromatic N) is 2. The maximum absolute atomic E-state index is 13.5. The van der Waals surface area contributed by atoms with Crippen molar-refractivity contribution >= 4 is 5.69 Å². The first kappa shape index (κ1) is 13.5. The van der Waals surface area contributed by atoms with E-state index in [1.165, 1.54) is 6.07 Å². The van der Waals surface area contributed by atoms with Gasteiger partial charge in [-0.1, -0.05) is 0 Å². The van der Waals surface area contributed by atoms with Crippen molar-refractivity contribution in [2.75, 3.05) is 5.32 Å². The largest absolute Gasteiger partial charge is 0.376 e. The van der Waals surface area contributed by atoms with Crippen LogP contribution in [0.15, 0.2) is 24.5 Å². The molecule has 0 aliphatic rings. The molecule has 3 nitrogen and oxygen atoms in total. The molecule has 0 radical (unpaired) electrons. The molecule has 1 heterocycles. The normalized spacial score (nSPS) is 12.5. The van der Waals surface area contributed by atoms with Crippen molar-refractivity contribution < 1.29 is 13.2 Å². The van der Waals surface area contributed by atoms with Crippen LogP contribution in [0.25, 0.3) is 0 Å². The minimum atomic E-state index is -1.47. The predicted molar refractivity (Wildman–Crippen MR) is 66.3 cm³/mol. The minimum absolute atomic E-state index is 0.0735. The number of hydrogen-bond acceptors (Lipinski definition) is 2. The van der Waals surface area contributed by atoms with Gasteiger partial charge in [0.25, 0.3) is 0 Å². The predicted octanol–water partition coefficient (Wildman–Crippen LogP) is 3.49. The van der Waals surface area contributed by atoms with E-state index in [2.05, 4.69) is 10.4 Å². The fourth-order valence-electron chi connectivity index (χ4n) is 1.73. The van der Waals surface area contributed by atoms with Gasteiger partial charge in [-0.25, -0.2) is 13.2 Å². The minimum Gasteiger partial charge on any atom is -0.376 e. The zero-order chi connectivity index (χ0) is 14.0. The van der Waals surface area contributed by atoms with Crippen molar-refractivity contribution in [1.82, 2.24) is 9.78 Å². The molecule has 0 aliphatic heterocycles. The van der Waals surface area contributed by atoms with Gasteiger partial charge in [0.15, 0.2) is 17.5 Å². The van der Waals surface area contributed by atoms with Gasteiger partial charge in [-0.05, 0) is 26.0 Å². The lowest BCUT2D eigenvalue weighted by Gasteiger charge is -2.14. The summed E-state index contributed by atoms with van der Waals surface area (Å²) in [6, 6.07) is 1.80. The molecule has 1 aromatic heterocycles. The lowest BCUT2D eigenvalue weighted by molar-refractivity contribution is 0.448. The molecule has 0 bridgehead atoms. The van der Waals surface area contributed by atoms with Crippen molar-refractivity contribution in [3.8, 4) is 0 Å². The summed E-state index contributed by atoms with van der Waals surface area (Å²) in [4.78, 5) is 0. The highest BCUT2D eigenvalue weighted by molar-refractivity contribution is 5.47. The van der Waals surface area contributed by atoms with E-state index in [0.29, 0.717) is 0 Å². The molecule has 1 atom stereocenters. The third kappa shape index (κ3) is 2.72. The Labute approximate surface area is 109 Å². The molecule has 19 heavy (non-hydrogen) atoms. The second-order valence-electron chi connectivity index (χ2n) is 4.22. The maximum atomic E-state index is 13.5. The molecule has 0 fully saturated rings. The van der Waals surface area contributed by atoms with Gasteiger partial charge in [0, 0.05) is 18.3 Å². The lowest BCUT2D eigenvalue weighted by atomic mass is 10.1. The lowest BCUT2D eigenvalue weighted by Crippen LogP contribution is -2.08. The van der Waals surface area contributed by atoms with Gasteiger partial charge in [0.1, 0.15) is 0 Å². The molecular formula is C13H14F3N3. The van der Waals surface area contributed by atoms with Gasteiger partial charge in [-0.2, -0.15) is 5.10 Å². The number of aromatic nitrogens is 2. The highest BCUT2D eigenvalue weighted by Gasteiger charge is 2.16. The number of aryl methyl sites for hydroxylation is 1. The number of nitrogens with one attached hydrogen (secondary N) is 1. The average Bonchev–Trinajstić information content (AvgIpc) is 2.88. The number of anilines is 1. The second kappa shape index (κ2) is 5.34. The highest BCUT2D eigenvalue weighted by Crippen LogP contribution is 2.24. The van der Waals surface area contributed by atoms with E-state index in [4.69, 9.17) is 0 Å². The van der Waals surface area contributed by atoms with Gasteiger partial charge in [0.05, 0.1) is 17.9 Å². The van der Waals surface area contributed by atoms with Crippen LogP contribution in [0.2, 0.25) is 0 Å². The van der Waals surface area contributed by atoms with Crippen LogP contribution in [0, 0.1) is 17.5 Å². The van der Waals surface area contributed by atoms with Crippen LogP contribution in [-0.4, -0.2) is 9.78 Å². The van der Waals surface area contributed by atoms with Crippen LogP contribution in [0.1, 0.15) is 25.5 Å². The maximum Gasteiger partial charge on any atom is 0.196 e. The fraction of sp³-hybridized carbons (Fsp3) is 0.308. The van der Waals surface area contributed by atoms with E-state index in [1.807, 2.05) is 13.1 Å². The number of halogens is 3. The molecule has 0 saturated heterocycles. The first-order chi connectivity index (χ1) is 9.02. The van der Waals surface area contributed by atoms with Crippen LogP contribution in [0.3, 0.4) is 0 Å². The Morgan fingerprint density at radius 2 is 2.00 bits per heavy atom. The number of benzene rings is 1.